The van der Waals surface area contributed by atoms with Gasteiger partial charge in [0.15, 0.2) is 22.5 Å². The highest BCUT2D eigenvalue weighted by atomic mass is 35.5. The van der Waals surface area contributed by atoms with Crippen LogP contribution in [0.15, 0.2) is 18.5 Å². The maximum Gasteiger partial charge on any atom is 0.161 e. The summed E-state index contributed by atoms with van der Waals surface area (Å²) in [4.78, 5) is 10.3. The monoisotopic (exact) mass is 320 g/mol. The highest BCUT2D eigenvalue weighted by Gasteiger charge is 2.22. The van der Waals surface area contributed by atoms with Gasteiger partial charge in [-0.25, -0.2) is 9.97 Å². The van der Waals surface area contributed by atoms with Crippen molar-refractivity contribution in [2.24, 2.45) is 0 Å². The van der Waals surface area contributed by atoms with E-state index in [1.807, 2.05) is 12.1 Å². The number of hydrogen-bond acceptors (Lipinski definition) is 6. The van der Waals surface area contributed by atoms with Gasteiger partial charge in [-0.15, -0.1) is 0 Å². The minimum absolute atomic E-state index is 0.281. The van der Waals surface area contributed by atoms with Gasteiger partial charge in [0.05, 0.1) is 14.2 Å². The first-order valence-electron chi connectivity index (χ1n) is 6.88. The predicted molar refractivity (Wildman–Crippen MR) is 85.8 cm³/mol. The van der Waals surface area contributed by atoms with Gasteiger partial charge in [0, 0.05) is 13.1 Å². The quantitative estimate of drug-likeness (QED) is 0.875. The van der Waals surface area contributed by atoms with Crippen LogP contribution in [0, 0.1) is 0 Å². The fourth-order valence-corrected chi connectivity index (χ4v) is 2.81. The Morgan fingerprint density at radius 2 is 1.82 bits per heavy atom. The van der Waals surface area contributed by atoms with E-state index in [4.69, 9.17) is 26.8 Å². The highest BCUT2D eigenvalue weighted by Crippen LogP contribution is 2.35. The first-order valence-corrected chi connectivity index (χ1v) is 7.26. The summed E-state index contributed by atoms with van der Waals surface area (Å²) in [5.74, 6) is 2.14. The summed E-state index contributed by atoms with van der Waals surface area (Å²) < 4.78 is 10.7. The van der Waals surface area contributed by atoms with Crippen LogP contribution in [0.2, 0.25) is 5.15 Å². The molecule has 2 N–H and O–H groups in total. The summed E-state index contributed by atoms with van der Waals surface area (Å²) >= 11 is 5.98. The molecular weight excluding hydrogens is 304 g/mol. The second kappa shape index (κ2) is 5.88. The zero-order valence-electron chi connectivity index (χ0n) is 12.5. The normalized spacial score (nSPS) is 13.7. The fraction of sp³-hybridized carbons (Fsp3) is 0.333. The van der Waals surface area contributed by atoms with Crippen LogP contribution in [0.3, 0.4) is 0 Å². The lowest BCUT2D eigenvalue weighted by molar-refractivity contribution is 0.353. The second-order valence-electron chi connectivity index (χ2n) is 5.05. The van der Waals surface area contributed by atoms with Crippen molar-refractivity contribution in [3.8, 4) is 11.5 Å². The van der Waals surface area contributed by atoms with Crippen LogP contribution in [-0.2, 0) is 13.0 Å². The SMILES string of the molecule is COc1cc2c(cc1OC)CN(c1ncnc(Cl)c1N)CC2. The molecule has 0 atom stereocenters. The third kappa shape index (κ3) is 2.50. The molecule has 1 aromatic heterocycles. The summed E-state index contributed by atoms with van der Waals surface area (Å²) in [6.45, 7) is 1.49. The third-order valence-electron chi connectivity index (χ3n) is 3.83. The molecule has 0 saturated carbocycles. The Bertz CT molecular complexity index is 708. The van der Waals surface area contributed by atoms with E-state index in [0.29, 0.717) is 18.1 Å². The molecule has 116 valence electrons. The van der Waals surface area contributed by atoms with Gasteiger partial charge >= 0.3 is 0 Å². The smallest absolute Gasteiger partial charge is 0.161 e. The van der Waals surface area contributed by atoms with Crippen molar-refractivity contribution in [1.29, 1.82) is 0 Å². The number of aromatic nitrogens is 2. The lowest BCUT2D eigenvalue weighted by atomic mass is 9.98. The van der Waals surface area contributed by atoms with Gasteiger partial charge in [-0.3, -0.25) is 0 Å². The number of halogens is 1. The minimum atomic E-state index is 0.281. The molecule has 1 aromatic carbocycles. The van der Waals surface area contributed by atoms with E-state index in [9.17, 15) is 0 Å². The highest BCUT2D eigenvalue weighted by molar-refractivity contribution is 6.32. The predicted octanol–water partition coefficient (Wildman–Crippen LogP) is 2.29. The van der Waals surface area contributed by atoms with E-state index in [0.717, 1.165) is 30.0 Å². The molecule has 2 aromatic rings. The van der Waals surface area contributed by atoms with Crippen LogP contribution < -0.4 is 20.1 Å². The number of rotatable bonds is 3. The number of fused-ring (bicyclic) bond motifs is 1. The molecule has 6 nitrogen and oxygen atoms in total. The molecule has 0 radical (unpaired) electrons. The van der Waals surface area contributed by atoms with Gasteiger partial charge in [0.1, 0.15) is 12.0 Å². The first kappa shape index (κ1) is 14.7. The number of anilines is 2. The van der Waals surface area contributed by atoms with E-state index in [2.05, 4.69) is 14.9 Å². The Labute approximate surface area is 133 Å². The van der Waals surface area contributed by atoms with Gasteiger partial charge in [-0.05, 0) is 29.7 Å². The van der Waals surface area contributed by atoms with Crippen LogP contribution in [-0.4, -0.2) is 30.7 Å². The molecular formula is C15H17ClN4O2. The molecule has 0 bridgehead atoms. The van der Waals surface area contributed by atoms with Crippen LogP contribution in [0.25, 0.3) is 0 Å². The van der Waals surface area contributed by atoms with Crippen molar-refractivity contribution in [2.75, 3.05) is 31.4 Å². The van der Waals surface area contributed by atoms with Crippen molar-refractivity contribution < 1.29 is 9.47 Å². The molecule has 1 aliphatic heterocycles. The molecule has 0 amide bonds. The summed E-state index contributed by atoms with van der Waals surface area (Å²) in [6.07, 6.45) is 2.30. The molecule has 2 heterocycles. The van der Waals surface area contributed by atoms with Crippen LogP contribution in [0.4, 0.5) is 11.5 Å². The van der Waals surface area contributed by atoms with E-state index < -0.39 is 0 Å². The lowest BCUT2D eigenvalue weighted by Crippen LogP contribution is -2.31. The standard InChI is InChI=1S/C15H17ClN4O2/c1-21-11-5-9-3-4-20(7-10(9)6-12(11)22-2)15-13(17)14(16)18-8-19-15/h5-6,8H,3-4,7,17H2,1-2H3. The van der Waals surface area contributed by atoms with Crippen molar-refractivity contribution in [2.45, 2.75) is 13.0 Å². The van der Waals surface area contributed by atoms with E-state index in [-0.39, 0.29) is 5.15 Å². The van der Waals surface area contributed by atoms with Gasteiger partial charge in [0.2, 0.25) is 0 Å². The van der Waals surface area contributed by atoms with E-state index in [1.54, 1.807) is 14.2 Å². The van der Waals surface area contributed by atoms with Gasteiger partial charge in [-0.2, -0.15) is 0 Å². The number of nitrogen functional groups attached to an aromatic ring is 1. The topological polar surface area (TPSA) is 73.5 Å². The summed E-state index contributed by atoms with van der Waals surface area (Å²) in [5.41, 5.74) is 8.81. The Balaban J connectivity index is 1.95. The summed E-state index contributed by atoms with van der Waals surface area (Å²) in [7, 11) is 3.27. The summed E-state index contributed by atoms with van der Waals surface area (Å²) in [6, 6.07) is 4.03. The van der Waals surface area contributed by atoms with E-state index in [1.165, 1.54) is 11.9 Å². The van der Waals surface area contributed by atoms with E-state index >= 15 is 0 Å². The zero-order valence-corrected chi connectivity index (χ0v) is 13.2. The first-order chi connectivity index (χ1) is 10.6. The Kier molecular flexibility index (Phi) is 3.94. The second-order valence-corrected chi connectivity index (χ2v) is 5.41. The molecule has 7 heteroatoms. The molecule has 0 spiro atoms. The van der Waals surface area contributed by atoms with Crippen molar-refractivity contribution >= 4 is 23.1 Å². The molecule has 0 unspecified atom stereocenters. The average Bonchev–Trinajstić information content (AvgIpc) is 2.55. The number of hydrogen-bond donors (Lipinski definition) is 1. The maximum absolute atomic E-state index is 5.99. The number of ether oxygens (including phenoxy) is 2. The minimum Gasteiger partial charge on any atom is -0.493 e. The molecule has 0 saturated heterocycles. The van der Waals surface area contributed by atoms with Crippen molar-refractivity contribution in [1.82, 2.24) is 9.97 Å². The van der Waals surface area contributed by atoms with Crippen LogP contribution >= 0.6 is 11.6 Å². The Morgan fingerprint density at radius 1 is 1.14 bits per heavy atom. The van der Waals surface area contributed by atoms with Gasteiger partial charge in [-0.1, -0.05) is 11.6 Å². The number of methoxy groups -OCH3 is 2. The zero-order chi connectivity index (χ0) is 15.7. The number of nitrogens with zero attached hydrogens (tertiary/aromatic N) is 3. The van der Waals surface area contributed by atoms with Crippen molar-refractivity contribution in [3.05, 3.63) is 34.7 Å². The largest absolute Gasteiger partial charge is 0.493 e. The third-order valence-corrected chi connectivity index (χ3v) is 4.13. The lowest BCUT2D eigenvalue weighted by Gasteiger charge is -2.31. The van der Waals surface area contributed by atoms with Crippen molar-refractivity contribution in [3.63, 3.8) is 0 Å². The van der Waals surface area contributed by atoms with Gasteiger partial charge < -0.3 is 20.1 Å². The Hall–Kier alpha value is -2.21. The van der Waals surface area contributed by atoms with Crippen LogP contribution in [0.5, 0.6) is 11.5 Å². The van der Waals surface area contributed by atoms with Gasteiger partial charge in [0.25, 0.3) is 0 Å². The molecule has 1 aliphatic rings. The molecule has 22 heavy (non-hydrogen) atoms. The molecule has 0 fully saturated rings. The van der Waals surface area contributed by atoms with Crippen LogP contribution in [0.1, 0.15) is 11.1 Å². The summed E-state index contributed by atoms with van der Waals surface area (Å²) in [5, 5.41) is 0.281. The number of benzene rings is 1. The Morgan fingerprint density at radius 3 is 2.50 bits per heavy atom. The fourth-order valence-electron chi connectivity index (χ4n) is 2.68. The maximum atomic E-state index is 5.99. The number of nitrogens with two attached hydrogens (primary N) is 1. The molecule has 3 rings (SSSR count). The average molecular weight is 321 g/mol. The molecule has 0 aliphatic carbocycles.